The SMILES string of the molecule is CNC(=O)C1CCN(c2ccc(F)cc2C=O)CC1. The number of nitrogens with one attached hydrogen (secondary N) is 1. The Kier molecular flexibility index (Phi) is 4.14. The van der Waals surface area contributed by atoms with Crippen LogP contribution in [0.25, 0.3) is 0 Å². The summed E-state index contributed by atoms with van der Waals surface area (Å²) in [7, 11) is 1.64. The molecule has 1 heterocycles. The van der Waals surface area contributed by atoms with Crippen molar-refractivity contribution < 1.29 is 14.0 Å². The van der Waals surface area contributed by atoms with Crippen LogP contribution in [-0.2, 0) is 4.79 Å². The Balaban J connectivity index is 2.09. The molecule has 0 aromatic heterocycles. The van der Waals surface area contributed by atoms with Gasteiger partial charge in [-0.1, -0.05) is 0 Å². The van der Waals surface area contributed by atoms with Crippen LogP contribution in [0.2, 0.25) is 0 Å². The average molecular weight is 264 g/mol. The smallest absolute Gasteiger partial charge is 0.222 e. The molecule has 2 rings (SSSR count). The van der Waals surface area contributed by atoms with E-state index in [4.69, 9.17) is 0 Å². The lowest BCUT2D eigenvalue weighted by molar-refractivity contribution is -0.125. The Hall–Kier alpha value is -1.91. The molecule has 102 valence electrons. The molecule has 0 aliphatic carbocycles. The Bertz CT molecular complexity index is 482. The van der Waals surface area contributed by atoms with Gasteiger partial charge in [0.1, 0.15) is 5.82 Å². The molecule has 0 unspecified atom stereocenters. The Labute approximate surface area is 111 Å². The molecule has 4 nitrogen and oxygen atoms in total. The molecule has 0 radical (unpaired) electrons. The number of halogens is 1. The third-order valence-corrected chi connectivity index (χ3v) is 3.57. The highest BCUT2D eigenvalue weighted by Gasteiger charge is 2.25. The van der Waals surface area contributed by atoms with Gasteiger partial charge in [-0.2, -0.15) is 0 Å². The summed E-state index contributed by atoms with van der Waals surface area (Å²) in [4.78, 5) is 24.6. The van der Waals surface area contributed by atoms with Crippen molar-refractivity contribution in [1.82, 2.24) is 5.32 Å². The normalized spacial score (nSPS) is 16.2. The monoisotopic (exact) mass is 264 g/mol. The van der Waals surface area contributed by atoms with Crippen molar-refractivity contribution >= 4 is 17.9 Å². The van der Waals surface area contributed by atoms with Crippen molar-refractivity contribution in [1.29, 1.82) is 0 Å². The summed E-state index contributed by atoms with van der Waals surface area (Å²) in [6.45, 7) is 1.40. The molecule has 1 aliphatic heterocycles. The van der Waals surface area contributed by atoms with Gasteiger partial charge in [0.05, 0.1) is 0 Å². The highest BCUT2D eigenvalue weighted by molar-refractivity contribution is 5.85. The first-order chi connectivity index (χ1) is 9.15. The fourth-order valence-corrected chi connectivity index (χ4v) is 2.49. The summed E-state index contributed by atoms with van der Waals surface area (Å²) in [6.07, 6.45) is 2.16. The Morgan fingerprint density at radius 1 is 1.42 bits per heavy atom. The van der Waals surface area contributed by atoms with Crippen LogP contribution in [0.5, 0.6) is 0 Å². The predicted octanol–water partition coefficient (Wildman–Crippen LogP) is 1.60. The van der Waals surface area contributed by atoms with Gasteiger partial charge in [0.25, 0.3) is 0 Å². The van der Waals surface area contributed by atoms with Crippen LogP contribution in [0.15, 0.2) is 18.2 Å². The minimum atomic E-state index is -0.411. The van der Waals surface area contributed by atoms with E-state index in [1.165, 1.54) is 12.1 Å². The lowest BCUT2D eigenvalue weighted by Gasteiger charge is -2.33. The zero-order valence-corrected chi connectivity index (χ0v) is 10.9. The van der Waals surface area contributed by atoms with Crippen molar-refractivity contribution in [3.05, 3.63) is 29.6 Å². The van der Waals surface area contributed by atoms with Gasteiger partial charge in [-0.05, 0) is 31.0 Å². The maximum absolute atomic E-state index is 13.1. The summed E-state index contributed by atoms with van der Waals surface area (Å²) < 4.78 is 13.1. The summed E-state index contributed by atoms with van der Waals surface area (Å²) >= 11 is 0. The number of carbonyl (C=O) groups excluding carboxylic acids is 2. The molecule has 0 saturated carbocycles. The summed E-state index contributed by atoms with van der Waals surface area (Å²) in [5.41, 5.74) is 1.10. The fraction of sp³-hybridized carbons (Fsp3) is 0.429. The number of rotatable bonds is 3. The molecule has 1 fully saturated rings. The van der Waals surface area contributed by atoms with Crippen molar-refractivity contribution in [3.8, 4) is 0 Å². The number of aldehydes is 1. The van der Waals surface area contributed by atoms with Crippen LogP contribution >= 0.6 is 0 Å². The molecule has 1 aromatic carbocycles. The second-order valence-corrected chi connectivity index (χ2v) is 4.70. The van der Waals surface area contributed by atoms with Gasteiger partial charge >= 0.3 is 0 Å². The Morgan fingerprint density at radius 3 is 2.68 bits per heavy atom. The van der Waals surface area contributed by atoms with E-state index in [1.54, 1.807) is 13.1 Å². The molecule has 19 heavy (non-hydrogen) atoms. The van der Waals surface area contributed by atoms with Crippen molar-refractivity contribution in [3.63, 3.8) is 0 Å². The van der Waals surface area contributed by atoms with Crippen molar-refractivity contribution in [2.75, 3.05) is 25.0 Å². The first-order valence-corrected chi connectivity index (χ1v) is 6.37. The molecule has 0 atom stereocenters. The number of anilines is 1. The average Bonchev–Trinajstić information content (AvgIpc) is 2.46. The molecule has 0 bridgehead atoms. The molecule has 1 N–H and O–H groups in total. The van der Waals surface area contributed by atoms with E-state index in [0.717, 1.165) is 18.5 Å². The third-order valence-electron chi connectivity index (χ3n) is 3.57. The standard InChI is InChI=1S/C14H17FN2O2/c1-16-14(19)10-4-6-17(7-5-10)13-3-2-12(15)8-11(13)9-18/h2-3,8-10H,4-7H2,1H3,(H,16,19). The van der Waals surface area contributed by atoms with Gasteiger partial charge in [-0.25, -0.2) is 4.39 Å². The number of nitrogens with zero attached hydrogens (tertiary/aromatic N) is 1. The van der Waals surface area contributed by atoms with Crippen LogP contribution in [-0.4, -0.2) is 32.3 Å². The second kappa shape index (κ2) is 5.82. The number of piperidine rings is 1. The summed E-state index contributed by atoms with van der Waals surface area (Å²) in [6, 6.07) is 4.22. The molecular weight excluding hydrogens is 247 g/mol. The number of hydrogen-bond acceptors (Lipinski definition) is 3. The summed E-state index contributed by atoms with van der Waals surface area (Å²) in [5.74, 6) is -0.318. The first-order valence-electron chi connectivity index (χ1n) is 6.37. The molecule has 5 heteroatoms. The van der Waals surface area contributed by atoms with Crippen LogP contribution in [0.3, 0.4) is 0 Å². The largest absolute Gasteiger partial charge is 0.371 e. The van der Waals surface area contributed by atoms with Gasteiger partial charge < -0.3 is 10.2 Å². The maximum atomic E-state index is 13.1. The lowest BCUT2D eigenvalue weighted by atomic mass is 9.95. The van der Waals surface area contributed by atoms with E-state index in [1.807, 2.05) is 4.90 Å². The molecule has 0 spiro atoms. The van der Waals surface area contributed by atoms with E-state index < -0.39 is 5.82 Å². The highest BCUT2D eigenvalue weighted by Crippen LogP contribution is 2.26. The second-order valence-electron chi connectivity index (χ2n) is 4.70. The maximum Gasteiger partial charge on any atom is 0.222 e. The fourth-order valence-electron chi connectivity index (χ4n) is 2.49. The van der Waals surface area contributed by atoms with E-state index in [0.29, 0.717) is 24.9 Å². The third kappa shape index (κ3) is 2.92. The minimum Gasteiger partial charge on any atom is -0.371 e. The van der Waals surface area contributed by atoms with Crippen LogP contribution < -0.4 is 10.2 Å². The van der Waals surface area contributed by atoms with Crippen molar-refractivity contribution in [2.45, 2.75) is 12.8 Å². The number of amides is 1. The van der Waals surface area contributed by atoms with E-state index >= 15 is 0 Å². The molecule has 1 aromatic rings. The van der Waals surface area contributed by atoms with Gasteiger partial charge in [-0.15, -0.1) is 0 Å². The van der Waals surface area contributed by atoms with Crippen molar-refractivity contribution in [2.24, 2.45) is 5.92 Å². The number of benzene rings is 1. The first kappa shape index (κ1) is 13.5. The van der Waals surface area contributed by atoms with Crippen LogP contribution in [0, 0.1) is 11.7 Å². The molecule has 1 saturated heterocycles. The van der Waals surface area contributed by atoms with E-state index in [2.05, 4.69) is 5.32 Å². The van der Waals surface area contributed by atoms with Crippen LogP contribution in [0.1, 0.15) is 23.2 Å². The highest BCUT2D eigenvalue weighted by atomic mass is 19.1. The molecular formula is C14H17FN2O2. The van der Waals surface area contributed by atoms with E-state index in [9.17, 15) is 14.0 Å². The predicted molar refractivity (Wildman–Crippen MR) is 70.8 cm³/mol. The Morgan fingerprint density at radius 2 is 2.11 bits per heavy atom. The quantitative estimate of drug-likeness (QED) is 0.844. The van der Waals surface area contributed by atoms with Gasteiger partial charge in [0.15, 0.2) is 6.29 Å². The summed E-state index contributed by atoms with van der Waals surface area (Å²) in [5, 5.41) is 2.66. The molecule has 1 amide bonds. The van der Waals surface area contributed by atoms with E-state index in [-0.39, 0.29) is 11.8 Å². The van der Waals surface area contributed by atoms with Gasteiger partial charge in [0, 0.05) is 37.3 Å². The number of hydrogen-bond donors (Lipinski definition) is 1. The zero-order valence-electron chi connectivity index (χ0n) is 10.9. The van der Waals surface area contributed by atoms with Gasteiger partial charge in [-0.3, -0.25) is 9.59 Å². The minimum absolute atomic E-state index is 0.0291. The topological polar surface area (TPSA) is 49.4 Å². The zero-order chi connectivity index (χ0) is 13.8. The van der Waals surface area contributed by atoms with Gasteiger partial charge in [0.2, 0.25) is 5.91 Å². The van der Waals surface area contributed by atoms with Crippen LogP contribution in [0.4, 0.5) is 10.1 Å². The lowest BCUT2D eigenvalue weighted by Crippen LogP contribution is -2.39. The number of carbonyl (C=O) groups is 2. The molecule has 1 aliphatic rings.